The highest BCUT2D eigenvalue weighted by molar-refractivity contribution is 5.45. The first-order valence-corrected chi connectivity index (χ1v) is 21.2. The number of alkyl halides is 4. The zero-order valence-electron chi connectivity index (χ0n) is 35.8. The molecule has 4 nitrogen and oxygen atoms in total. The van der Waals surface area contributed by atoms with Crippen molar-refractivity contribution >= 4 is 0 Å². The number of fused-ring (bicyclic) bond motifs is 8. The summed E-state index contributed by atoms with van der Waals surface area (Å²) in [5, 5.41) is 5.84. The standard InChI is InChI=1S/C44H20F28N4/c45-9-1(10(46)18(54)25(61)17(9)53)5-37-29(65)31(67)39(73-37)6(2-11(47)19(55)26(62)20(56)12(2)48)41-33(69)35(71)43(75-41)8(4-15(51)23(59)28(64)24(60)16(4)52)44-36(72)34(70)42(76-44)7(40-32(68)30(66)38(5)74-40)3-13(49)21(57)27(63)22(58)14(3)50/h5-8,29,31,34,36-44,73-76H. The average Bonchev–Trinajstić information content (AvgIpc) is 4.06. The summed E-state index contributed by atoms with van der Waals surface area (Å²) < 4.78 is 441. The molecule has 4 N–H and O–H groups in total. The van der Waals surface area contributed by atoms with Gasteiger partial charge in [-0.05, 0) is 0 Å². The molecule has 0 radical (unpaired) electrons. The lowest BCUT2D eigenvalue weighted by molar-refractivity contribution is 0.142. The molecule has 9 rings (SSSR count). The normalized spacial score (nSPS) is 32.7. The van der Waals surface area contributed by atoms with Crippen molar-refractivity contribution < 1.29 is 123 Å². The van der Waals surface area contributed by atoms with Gasteiger partial charge in [0.1, 0.15) is 24.7 Å². The van der Waals surface area contributed by atoms with Gasteiger partial charge in [0.15, 0.2) is 116 Å². The van der Waals surface area contributed by atoms with Crippen molar-refractivity contribution in [2.45, 2.75) is 96.7 Å². The number of benzene rings is 4. The van der Waals surface area contributed by atoms with Gasteiger partial charge in [-0.2, -0.15) is 0 Å². The van der Waals surface area contributed by atoms with Gasteiger partial charge in [-0.25, -0.2) is 123 Å². The maximum absolute atomic E-state index is 16.9. The molecule has 0 aromatic heterocycles. The Morgan fingerprint density at radius 2 is 0.316 bits per heavy atom. The van der Waals surface area contributed by atoms with Crippen LogP contribution in [-0.2, 0) is 0 Å². The molecule has 8 bridgehead atoms. The number of halogens is 28. The summed E-state index contributed by atoms with van der Waals surface area (Å²) in [6, 6.07) is -28.6. The Kier molecular flexibility index (Phi) is 13.8. The first-order valence-electron chi connectivity index (χ1n) is 21.2. The molecule has 76 heavy (non-hydrogen) atoms. The minimum Gasteiger partial charge on any atom is -0.304 e. The Bertz CT molecular complexity index is 2680. The first kappa shape index (κ1) is 55.0. The smallest absolute Gasteiger partial charge is 0.200 e. The molecule has 3 fully saturated rings. The van der Waals surface area contributed by atoms with Crippen molar-refractivity contribution in [2.24, 2.45) is 0 Å². The van der Waals surface area contributed by atoms with E-state index in [1.807, 2.05) is 0 Å². The molecule has 5 aliphatic heterocycles. The van der Waals surface area contributed by atoms with E-state index < -0.39 is 259 Å². The molecule has 4 aromatic rings. The fourth-order valence-electron chi connectivity index (χ4n) is 11.0. The van der Waals surface area contributed by atoms with Crippen LogP contribution in [0.3, 0.4) is 0 Å². The van der Waals surface area contributed by atoms with Crippen LogP contribution >= 0.6 is 0 Å². The van der Waals surface area contributed by atoms with Gasteiger partial charge < -0.3 is 10.6 Å². The van der Waals surface area contributed by atoms with Crippen LogP contribution in [-0.4, -0.2) is 73.0 Å². The SMILES string of the molecule is FC1=C(F)C2NC1C(c1c(F)c(F)c(F)c(F)c1F)C1NC(C(F)C1F)C(c1c(F)c(F)c(F)c(F)c1F)C1NC(C(F)=C1F)C(c1c(F)c(F)c(F)c(F)c1F)C1NC(C(F)C1F)C2c1c(F)c(F)c(F)c(F)c1F. The van der Waals surface area contributed by atoms with Gasteiger partial charge >= 0.3 is 0 Å². The van der Waals surface area contributed by atoms with E-state index in [4.69, 9.17) is 0 Å². The topological polar surface area (TPSA) is 48.1 Å². The van der Waals surface area contributed by atoms with Crippen molar-refractivity contribution in [3.05, 3.63) is 162 Å². The van der Waals surface area contributed by atoms with Gasteiger partial charge in [0, 0.05) is 45.9 Å². The Labute approximate surface area is 402 Å². The molecular formula is C44H20F28N4. The summed E-state index contributed by atoms with van der Waals surface area (Å²) in [4.78, 5) is 0. The molecule has 32 heteroatoms. The molecule has 0 spiro atoms. The van der Waals surface area contributed by atoms with Crippen LogP contribution in [0.25, 0.3) is 0 Å². The summed E-state index contributed by atoms with van der Waals surface area (Å²) in [6.07, 6.45) is -16.1. The zero-order chi connectivity index (χ0) is 56.2. The van der Waals surface area contributed by atoms with E-state index in [2.05, 4.69) is 0 Å². The van der Waals surface area contributed by atoms with E-state index in [1.54, 1.807) is 0 Å². The lowest BCUT2D eigenvalue weighted by Gasteiger charge is -2.37. The summed E-state index contributed by atoms with van der Waals surface area (Å²) in [7, 11) is 0. The highest BCUT2D eigenvalue weighted by Gasteiger charge is 2.64. The Hall–Kier alpha value is -5.76. The average molecular weight is 1140 g/mol. The van der Waals surface area contributed by atoms with E-state index in [1.165, 1.54) is 21.3 Å². The molecular weight excluding hydrogens is 1120 g/mol. The first-order chi connectivity index (χ1) is 35.4. The molecule has 0 saturated carbocycles. The van der Waals surface area contributed by atoms with Crippen LogP contribution in [0, 0.1) is 116 Å². The van der Waals surface area contributed by atoms with Crippen LogP contribution in [0.4, 0.5) is 123 Å². The van der Waals surface area contributed by atoms with Crippen LogP contribution in [0.15, 0.2) is 23.3 Å². The maximum atomic E-state index is 16.9. The predicted octanol–water partition coefficient (Wildman–Crippen LogP) is 10.9. The van der Waals surface area contributed by atoms with Crippen molar-refractivity contribution in [3.8, 4) is 0 Å². The van der Waals surface area contributed by atoms with Gasteiger partial charge in [0.2, 0.25) is 23.3 Å². The third-order valence-electron chi connectivity index (χ3n) is 14.3. The van der Waals surface area contributed by atoms with E-state index in [-0.39, 0.29) is 0 Å². The molecule has 4 aromatic carbocycles. The van der Waals surface area contributed by atoms with E-state index in [0.29, 0.717) is 0 Å². The number of hydrogen-bond donors (Lipinski definition) is 4. The van der Waals surface area contributed by atoms with E-state index >= 15 is 105 Å². The minimum atomic E-state index is -4.03. The van der Waals surface area contributed by atoms with Crippen molar-refractivity contribution in [3.63, 3.8) is 0 Å². The second kappa shape index (κ2) is 19.0. The second-order valence-corrected chi connectivity index (χ2v) is 17.9. The monoisotopic (exact) mass is 1140 g/mol. The van der Waals surface area contributed by atoms with Gasteiger partial charge in [0.05, 0.1) is 48.3 Å². The molecule has 16 atom stereocenters. The second-order valence-electron chi connectivity index (χ2n) is 17.9. The summed E-state index contributed by atoms with van der Waals surface area (Å²) in [5.74, 6) is -89.2. The molecule has 3 saturated heterocycles. The van der Waals surface area contributed by atoms with Gasteiger partial charge in [-0.1, -0.05) is 0 Å². The number of hydrogen-bond acceptors (Lipinski definition) is 4. The van der Waals surface area contributed by atoms with Crippen LogP contribution in [0.2, 0.25) is 0 Å². The highest BCUT2D eigenvalue weighted by atomic mass is 19.2. The van der Waals surface area contributed by atoms with Crippen molar-refractivity contribution in [2.75, 3.05) is 0 Å². The Morgan fingerprint density at radius 1 is 0.184 bits per heavy atom. The predicted molar refractivity (Wildman–Crippen MR) is 197 cm³/mol. The molecule has 412 valence electrons. The number of nitrogens with one attached hydrogen (secondary N) is 4. The van der Waals surface area contributed by atoms with E-state index in [9.17, 15) is 17.6 Å². The van der Waals surface area contributed by atoms with Gasteiger partial charge in [-0.15, -0.1) is 0 Å². The third kappa shape index (κ3) is 7.54. The highest BCUT2D eigenvalue weighted by Crippen LogP contribution is 2.53. The molecule has 0 amide bonds. The number of rotatable bonds is 4. The molecule has 16 unspecified atom stereocenters. The summed E-state index contributed by atoms with van der Waals surface area (Å²) in [5.41, 5.74) is -10.5. The van der Waals surface area contributed by atoms with Crippen LogP contribution < -0.4 is 21.3 Å². The van der Waals surface area contributed by atoms with Gasteiger partial charge in [-0.3, -0.25) is 10.6 Å². The van der Waals surface area contributed by atoms with Crippen molar-refractivity contribution in [1.82, 2.24) is 21.3 Å². The van der Waals surface area contributed by atoms with Crippen LogP contribution in [0.1, 0.15) is 45.9 Å². The van der Waals surface area contributed by atoms with Crippen molar-refractivity contribution in [1.29, 1.82) is 0 Å². The fraction of sp³-hybridized carbons (Fsp3) is 0.364. The fourth-order valence-corrected chi connectivity index (χ4v) is 11.0. The molecule has 5 heterocycles. The maximum Gasteiger partial charge on any atom is 0.200 e. The third-order valence-corrected chi connectivity index (χ3v) is 14.3. The Morgan fingerprint density at radius 3 is 0.461 bits per heavy atom. The molecule has 5 aliphatic rings. The molecule has 0 aliphatic carbocycles. The zero-order valence-corrected chi connectivity index (χ0v) is 35.8. The lowest BCUT2D eigenvalue weighted by Crippen LogP contribution is -2.55. The summed E-state index contributed by atoms with van der Waals surface area (Å²) in [6.45, 7) is 0. The quantitative estimate of drug-likeness (QED) is 0.0935. The largest absolute Gasteiger partial charge is 0.304 e. The minimum absolute atomic E-state index is 1.44. The van der Waals surface area contributed by atoms with E-state index in [0.717, 1.165) is 0 Å². The lowest BCUT2D eigenvalue weighted by atomic mass is 9.80. The Balaban J connectivity index is 1.40. The van der Waals surface area contributed by atoms with Gasteiger partial charge in [0.25, 0.3) is 0 Å². The summed E-state index contributed by atoms with van der Waals surface area (Å²) >= 11 is 0. The van der Waals surface area contributed by atoms with Crippen LogP contribution in [0.5, 0.6) is 0 Å².